The summed E-state index contributed by atoms with van der Waals surface area (Å²) >= 11 is 12.2. The van der Waals surface area contributed by atoms with Gasteiger partial charge in [-0.1, -0.05) is 47.5 Å². The van der Waals surface area contributed by atoms with Crippen LogP contribution < -0.4 is 0 Å². The standard InChI is InChI=1S/C14H8Cl2N2O/c15-10-7-4-8-11(16)12(10)14-18-17-13(19-14)9-5-2-1-3-6-9/h1-8H. The van der Waals surface area contributed by atoms with Crippen molar-refractivity contribution in [1.82, 2.24) is 10.2 Å². The average Bonchev–Trinajstić information content (AvgIpc) is 2.89. The van der Waals surface area contributed by atoms with Crippen LogP contribution in [-0.4, -0.2) is 10.2 Å². The number of aromatic nitrogens is 2. The lowest BCUT2D eigenvalue weighted by Gasteiger charge is -2.00. The van der Waals surface area contributed by atoms with Crippen molar-refractivity contribution >= 4 is 23.2 Å². The number of nitrogens with zero attached hydrogens (tertiary/aromatic N) is 2. The lowest BCUT2D eigenvalue weighted by Crippen LogP contribution is -1.81. The van der Waals surface area contributed by atoms with Crippen molar-refractivity contribution in [3.63, 3.8) is 0 Å². The molecule has 0 aliphatic rings. The topological polar surface area (TPSA) is 38.9 Å². The maximum Gasteiger partial charge on any atom is 0.251 e. The average molecular weight is 291 g/mol. The zero-order valence-corrected chi connectivity index (χ0v) is 11.2. The van der Waals surface area contributed by atoms with Crippen molar-refractivity contribution in [2.75, 3.05) is 0 Å². The van der Waals surface area contributed by atoms with Gasteiger partial charge in [-0.15, -0.1) is 10.2 Å². The molecule has 3 rings (SSSR count). The van der Waals surface area contributed by atoms with Crippen LogP contribution in [0.4, 0.5) is 0 Å². The molecule has 0 N–H and O–H groups in total. The summed E-state index contributed by atoms with van der Waals surface area (Å²) in [6, 6.07) is 14.7. The van der Waals surface area contributed by atoms with Crippen LogP contribution in [0, 0.1) is 0 Å². The summed E-state index contributed by atoms with van der Waals surface area (Å²) in [5, 5.41) is 8.97. The normalized spacial score (nSPS) is 10.6. The van der Waals surface area contributed by atoms with E-state index in [0.29, 0.717) is 27.4 Å². The fourth-order valence-electron chi connectivity index (χ4n) is 1.72. The molecular formula is C14H8Cl2N2O. The van der Waals surface area contributed by atoms with Crippen molar-refractivity contribution < 1.29 is 4.42 Å². The van der Waals surface area contributed by atoms with Crippen LogP contribution in [0.5, 0.6) is 0 Å². The molecule has 0 aliphatic heterocycles. The van der Waals surface area contributed by atoms with E-state index in [1.165, 1.54) is 0 Å². The van der Waals surface area contributed by atoms with E-state index >= 15 is 0 Å². The Hall–Kier alpha value is -1.84. The first-order valence-electron chi connectivity index (χ1n) is 5.59. The molecule has 0 atom stereocenters. The van der Waals surface area contributed by atoms with E-state index in [-0.39, 0.29) is 0 Å². The molecule has 3 nitrogen and oxygen atoms in total. The van der Waals surface area contributed by atoms with Crippen molar-refractivity contribution in [2.24, 2.45) is 0 Å². The quantitative estimate of drug-likeness (QED) is 0.686. The number of benzene rings is 2. The van der Waals surface area contributed by atoms with E-state index in [9.17, 15) is 0 Å². The second kappa shape index (κ2) is 5.03. The molecule has 0 saturated carbocycles. The number of hydrogen-bond donors (Lipinski definition) is 0. The van der Waals surface area contributed by atoms with Gasteiger partial charge < -0.3 is 4.42 Å². The smallest absolute Gasteiger partial charge is 0.251 e. The second-order valence-corrected chi connectivity index (χ2v) is 4.69. The van der Waals surface area contributed by atoms with E-state index in [4.69, 9.17) is 27.6 Å². The monoisotopic (exact) mass is 290 g/mol. The van der Waals surface area contributed by atoms with Crippen molar-refractivity contribution in [3.8, 4) is 22.9 Å². The summed E-state index contributed by atoms with van der Waals surface area (Å²) in [4.78, 5) is 0. The molecular weight excluding hydrogens is 283 g/mol. The molecule has 0 radical (unpaired) electrons. The molecule has 19 heavy (non-hydrogen) atoms. The van der Waals surface area contributed by atoms with Crippen LogP contribution in [0.25, 0.3) is 22.9 Å². The summed E-state index contributed by atoms with van der Waals surface area (Å²) in [5.74, 6) is 0.751. The molecule has 0 fully saturated rings. The Bertz CT molecular complexity index is 690. The van der Waals surface area contributed by atoms with Crippen LogP contribution in [0.1, 0.15) is 0 Å². The Morgan fingerprint density at radius 3 is 2.05 bits per heavy atom. The van der Waals surface area contributed by atoms with E-state index in [1.807, 2.05) is 30.3 Å². The zero-order valence-electron chi connectivity index (χ0n) is 9.68. The van der Waals surface area contributed by atoms with E-state index in [0.717, 1.165) is 5.56 Å². The molecule has 1 aromatic heterocycles. The van der Waals surface area contributed by atoms with Crippen molar-refractivity contribution in [2.45, 2.75) is 0 Å². The van der Waals surface area contributed by atoms with Gasteiger partial charge in [-0.25, -0.2) is 0 Å². The molecule has 0 aliphatic carbocycles. The molecule has 0 bridgehead atoms. The van der Waals surface area contributed by atoms with Gasteiger partial charge in [0.05, 0.1) is 15.6 Å². The fourth-order valence-corrected chi connectivity index (χ4v) is 2.28. The van der Waals surface area contributed by atoms with Crippen molar-refractivity contribution in [1.29, 1.82) is 0 Å². The van der Waals surface area contributed by atoms with Crippen LogP contribution >= 0.6 is 23.2 Å². The van der Waals surface area contributed by atoms with Crippen LogP contribution in [-0.2, 0) is 0 Å². The van der Waals surface area contributed by atoms with Gasteiger partial charge in [0, 0.05) is 5.56 Å². The first-order valence-corrected chi connectivity index (χ1v) is 6.34. The maximum absolute atomic E-state index is 6.11. The first-order chi connectivity index (χ1) is 9.25. The Kier molecular flexibility index (Phi) is 3.23. The lowest BCUT2D eigenvalue weighted by atomic mass is 10.2. The summed E-state index contributed by atoms with van der Waals surface area (Å²) in [7, 11) is 0. The molecule has 0 spiro atoms. The van der Waals surface area contributed by atoms with Gasteiger partial charge in [-0.3, -0.25) is 0 Å². The minimum Gasteiger partial charge on any atom is -0.416 e. The Labute approximate surface area is 119 Å². The molecule has 2 aromatic carbocycles. The number of hydrogen-bond acceptors (Lipinski definition) is 3. The van der Waals surface area contributed by atoms with Gasteiger partial charge >= 0.3 is 0 Å². The Morgan fingerprint density at radius 2 is 1.37 bits per heavy atom. The van der Waals surface area contributed by atoms with Gasteiger partial charge in [0.1, 0.15) is 0 Å². The highest BCUT2D eigenvalue weighted by Crippen LogP contribution is 2.34. The van der Waals surface area contributed by atoms with Crippen molar-refractivity contribution in [3.05, 3.63) is 58.6 Å². The van der Waals surface area contributed by atoms with E-state index in [1.54, 1.807) is 18.2 Å². The van der Waals surface area contributed by atoms with Gasteiger partial charge in [0.2, 0.25) is 5.89 Å². The molecule has 3 aromatic rings. The summed E-state index contributed by atoms with van der Waals surface area (Å²) in [6.45, 7) is 0. The largest absolute Gasteiger partial charge is 0.416 e. The number of rotatable bonds is 2. The molecule has 0 amide bonds. The van der Waals surface area contributed by atoms with E-state index < -0.39 is 0 Å². The minimum atomic E-state index is 0.314. The second-order valence-electron chi connectivity index (χ2n) is 3.88. The highest BCUT2D eigenvalue weighted by atomic mass is 35.5. The third-order valence-electron chi connectivity index (χ3n) is 2.62. The van der Waals surface area contributed by atoms with Crippen LogP contribution in [0.15, 0.2) is 52.9 Å². The summed E-state index contributed by atoms with van der Waals surface area (Å²) < 4.78 is 5.63. The van der Waals surface area contributed by atoms with Gasteiger partial charge in [0.25, 0.3) is 5.89 Å². The Morgan fingerprint density at radius 1 is 0.737 bits per heavy atom. The lowest BCUT2D eigenvalue weighted by molar-refractivity contribution is 0.584. The van der Waals surface area contributed by atoms with Gasteiger partial charge in [-0.2, -0.15) is 0 Å². The Balaban J connectivity index is 2.07. The predicted molar refractivity (Wildman–Crippen MR) is 75.2 cm³/mol. The molecule has 94 valence electrons. The van der Waals surface area contributed by atoms with Crippen LogP contribution in [0.3, 0.4) is 0 Å². The minimum absolute atomic E-state index is 0.314. The number of halogens is 2. The first kappa shape index (κ1) is 12.2. The molecule has 0 unspecified atom stereocenters. The van der Waals surface area contributed by atoms with Crippen LogP contribution in [0.2, 0.25) is 10.0 Å². The van der Waals surface area contributed by atoms with Gasteiger partial charge in [0.15, 0.2) is 0 Å². The zero-order chi connectivity index (χ0) is 13.2. The summed E-state index contributed by atoms with van der Waals surface area (Å²) in [5.41, 5.74) is 1.41. The fraction of sp³-hybridized carbons (Fsp3) is 0. The third kappa shape index (κ3) is 2.35. The summed E-state index contributed by atoms with van der Waals surface area (Å²) in [6.07, 6.45) is 0. The molecule has 5 heteroatoms. The van der Waals surface area contributed by atoms with Gasteiger partial charge in [-0.05, 0) is 24.3 Å². The van der Waals surface area contributed by atoms with E-state index in [2.05, 4.69) is 10.2 Å². The third-order valence-corrected chi connectivity index (χ3v) is 3.25. The SMILES string of the molecule is Clc1cccc(Cl)c1-c1nnc(-c2ccccc2)o1. The highest BCUT2D eigenvalue weighted by Gasteiger charge is 2.15. The highest BCUT2D eigenvalue weighted by molar-refractivity contribution is 6.38. The maximum atomic E-state index is 6.11. The predicted octanol–water partition coefficient (Wildman–Crippen LogP) is 4.71. The molecule has 1 heterocycles. The molecule has 0 saturated heterocycles.